The Hall–Kier alpha value is -5.31. The molecule has 8 aliphatic heterocycles. The van der Waals surface area contributed by atoms with Crippen LogP contribution in [0.25, 0.3) is 0 Å². The molecule has 3 N–H and O–H groups in total. The normalized spacial score (nSPS) is 24.0. The van der Waals surface area contributed by atoms with Crippen LogP contribution in [0, 0.1) is 11.8 Å². The van der Waals surface area contributed by atoms with Crippen LogP contribution in [0.3, 0.4) is 0 Å². The molecule has 0 spiro atoms. The molecule has 382 valence electrons. The minimum atomic E-state index is -0.957. The molecule has 0 saturated carbocycles. The maximum atomic E-state index is 13.1. The number of hydrogen-bond donors (Lipinski definition) is 3. The van der Waals surface area contributed by atoms with Gasteiger partial charge in [0.25, 0.3) is 23.6 Å². The molecule has 6 saturated heterocycles. The topological polar surface area (TPSA) is 212 Å². The average molecular weight is 1020 g/mol. The quantitative estimate of drug-likeness (QED) is 0.167. The Kier molecular flexibility index (Phi) is 17.5. The van der Waals surface area contributed by atoms with Crippen molar-refractivity contribution in [2.75, 3.05) is 120 Å². The maximum absolute atomic E-state index is 13.1. The van der Waals surface area contributed by atoms with Crippen LogP contribution in [-0.2, 0) is 24.0 Å². The van der Waals surface area contributed by atoms with E-state index in [2.05, 4.69) is 40.4 Å². The van der Waals surface area contributed by atoms with Gasteiger partial charge in [0.15, 0.2) is 0 Å². The fraction of sp³-hybridized carbons (Fsp3) is 0.580. The number of hydrogen-bond acceptors (Lipinski definition) is 15. The number of carbonyl (C=O) groups is 9. The van der Waals surface area contributed by atoms with Crippen molar-refractivity contribution in [2.45, 2.75) is 63.5 Å². The summed E-state index contributed by atoms with van der Waals surface area (Å²) in [7, 11) is 0. The van der Waals surface area contributed by atoms with Gasteiger partial charge in [-0.1, -0.05) is 0 Å². The van der Waals surface area contributed by atoms with Crippen LogP contribution in [-0.4, -0.2) is 200 Å². The molecule has 8 heterocycles. The van der Waals surface area contributed by atoms with Crippen molar-refractivity contribution in [3.8, 4) is 0 Å². The Morgan fingerprint density at radius 3 is 1.37 bits per heavy atom. The molecule has 19 nitrogen and oxygen atoms in total. The number of amides is 8. The van der Waals surface area contributed by atoms with Gasteiger partial charge in [0.05, 0.1) is 22.3 Å². The van der Waals surface area contributed by atoms with Gasteiger partial charge in [-0.3, -0.25) is 68.6 Å². The van der Waals surface area contributed by atoms with E-state index < -0.39 is 53.4 Å². The zero-order chi connectivity index (χ0) is 50.2. The molecule has 0 radical (unpaired) electrons. The average Bonchev–Trinajstić information content (AvgIpc) is 3.78. The molecule has 8 aliphatic rings. The van der Waals surface area contributed by atoms with Gasteiger partial charge in [-0.2, -0.15) is 0 Å². The highest BCUT2D eigenvalue weighted by molar-refractivity contribution is 6.25. The minimum Gasteiger partial charge on any atom is -0.371 e. The van der Waals surface area contributed by atoms with Crippen LogP contribution in [0.15, 0.2) is 36.4 Å². The van der Waals surface area contributed by atoms with Gasteiger partial charge < -0.3 is 24.8 Å². The third-order valence-electron chi connectivity index (χ3n) is 14.9. The summed E-state index contributed by atoms with van der Waals surface area (Å²) in [6.07, 6.45) is 5.21. The second-order valence-electron chi connectivity index (χ2n) is 19.4. The predicted octanol–water partition coefficient (Wildman–Crippen LogP) is 1.79. The van der Waals surface area contributed by atoms with Gasteiger partial charge in [-0.05, 0) is 80.8 Å². The van der Waals surface area contributed by atoms with Crippen molar-refractivity contribution >= 4 is 88.1 Å². The van der Waals surface area contributed by atoms with Crippen molar-refractivity contribution in [1.82, 2.24) is 40.4 Å². The number of piperazine rings is 2. The van der Waals surface area contributed by atoms with E-state index in [0.717, 1.165) is 144 Å². The first-order chi connectivity index (χ1) is 34.4. The molecule has 10 rings (SSSR count). The molecular formula is C50H64Cl2N10O9. The van der Waals surface area contributed by atoms with Crippen molar-refractivity contribution in [2.24, 2.45) is 11.8 Å². The number of halogens is 2. The number of anilines is 2. The van der Waals surface area contributed by atoms with Crippen molar-refractivity contribution < 1.29 is 43.2 Å². The van der Waals surface area contributed by atoms with Gasteiger partial charge in [-0.25, -0.2) is 0 Å². The Bertz CT molecular complexity index is 2360. The van der Waals surface area contributed by atoms with E-state index >= 15 is 0 Å². The third kappa shape index (κ3) is 12.1. The number of fused-ring (bicyclic) bond motifs is 2. The SMILES string of the molecule is ClCCN1CCNCC1.O=C1CCC(N2C(=O)c3ccc(N4CCC(CN5CCN(CCCl)CC5)CC4)cc3C2=O)C(=O)N1.O=CC1CCN(c2ccc3c(c2)C(=O)N(C2CCC(=O)NC2=O)C3=O)CC1. The summed E-state index contributed by atoms with van der Waals surface area (Å²) in [5.41, 5.74) is 2.98. The molecule has 0 bridgehead atoms. The molecule has 2 aromatic carbocycles. The van der Waals surface area contributed by atoms with Crippen LogP contribution >= 0.6 is 23.2 Å². The van der Waals surface area contributed by atoms with E-state index in [4.69, 9.17) is 23.2 Å². The highest BCUT2D eigenvalue weighted by Crippen LogP contribution is 2.34. The second-order valence-corrected chi connectivity index (χ2v) is 20.1. The number of aldehydes is 1. The monoisotopic (exact) mass is 1020 g/mol. The van der Waals surface area contributed by atoms with Crippen molar-refractivity contribution in [3.05, 3.63) is 58.7 Å². The standard InChI is InChI=1S/C25H32ClN5O4.C19H19N3O5.C6H13ClN2/c26-7-10-28-11-13-29(14-12-28)16-17-5-8-30(9-6-17)18-1-2-19-20(15-18)25(35)31(24(19)34)21-3-4-22(32)27-23(21)33;23-10-11-5-7-21(8-6-11)12-1-2-13-14(9-12)19(27)22(18(13)26)15-3-4-16(24)20-17(15)25;7-1-4-9-5-2-8-3-6-9/h1-2,15,17,21H,3-14,16H2,(H,27,32,33);1-2,9-11,15H,3-8H2,(H,20,24,25);8H,1-6H2. The zero-order valence-electron chi connectivity index (χ0n) is 40.1. The molecule has 0 aromatic heterocycles. The number of nitrogens with one attached hydrogen (secondary N) is 3. The predicted molar refractivity (Wildman–Crippen MR) is 266 cm³/mol. The molecule has 21 heteroatoms. The highest BCUT2D eigenvalue weighted by atomic mass is 35.5. The molecule has 2 unspecified atom stereocenters. The van der Waals surface area contributed by atoms with Gasteiger partial charge in [-0.15, -0.1) is 23.2 Å². The number of alkyl halides is 2. The van der Waals surface area contributed by atoms with Gasteiger partial charge >= 0.3 is 0 Å². The largest absolute Gasteiger partial charge is 0.371 e. The number of imide groups is 4. The summed E-state index contributed by atoms with van der Waals surface area (Å²) < 4.78 is 0. The van der Waals surface area contributed by atoms with E-state index in [0.29, 0.717) is 36.0 Å². The van der Waals surface area contributed by atoms with E-state index in [1.807, 2.05) is 6.07 Å². The van der Waals surface area contributed by atoms with Crippen molar-refractivity contribution in [1.29, 1.82) is 0 Å². The third-order valence-corrected chi connectivity index (χ3v) is 15.3. The Labute approximate surface area is 423 Å². The Balaban J connectivity index is 0.000000166. The molecule has 8 amide bonds. The summed E-state index contributed by atoms with van der Waals surface area (Å²) in [5, 5.41) is 7.71. The lowest BCUT2D eigenvalue weighted by Crippen LogP contribution is -2.54. The van der Waals surface area contributed by atoms with E-state index in [1.54, 1.807) is 30.3 Å². The molecule has 2 aromatic rings. The van der Waals surface area contributed by atoms with Crippen LogP contribution in [0.1, 0.15) is 92.8 Å². The molecule has 0 aliphatic carbocycles. The van der Waals surface area contributed by atoms with Crippen LogP contribution in [0.4, 0.5) is 11.4 Å². The summed E-state index contributed by atoms with van der Waals surface area (Å²) in [6.45, 7) is 15.3. The van der Waals surface area contributed by atoms with Crippen LogP contribution in [0.2, 0.25) is 0 Å². The van der Waals surface area contributed by atoms with E-state index in [9.17, 15) is 43.2 Å². The number of benzene rings is 2. The fourth-order valence-corrected chi connectivity index (χ4v) is 11.2. The molecule has 71 heavy (non-hydrogen) atoms. The summed E-state index contributed by atoms with van der Waals surface area (Å²) in [6, 6.07) is 8.58. The number of carbonyl (C=O) groups excluding carboxylic acids is 9. The van der Waals surface area contributed by atoms with Crippen molar-refractivity contribution in [3.63, 3.8) is 0 Å². The van der Waals surface area contributed by atoms with E-state index in [1.165, 1.54) is 0 Å². The van der Waals surface area contributed by atoms with Crippen LogP contribution < -0.4 is 25.8 Å². The molecule has 2 atom stereocenters. The number of nitrogens with zero attached hydrogens (tertiary/aromatic N) is 7. The lowest BCUT2D eigenvalue weighted by Gasteiger charge is -2.39. The first-order valence-corrected chi connectivity index (χ1v) is 26.1. The smallest absolute Gasteiger partial charge is 0.262 e. The van der Waals surface area contributed by atoms with Gasteiger partial charge in [0.2, 0.25) is 23.6 Å². The zero-order valence-corrected chi connectivity index (χ0v) is 41.6. The second kappa shape index (κ2) is 23.9. The maximum Gasteiger partial charge on any atom is 0.262 e. The minimum absolute atomic E-state index is 0.0712. The summed E-state index contributed by atoms with van der Waals surface area (Å²) in [5.74, 6) is -1.71. The summed E-state index contributed by atoms with van der Waals surface area (Å²) >= 11 is 11.4. The number of piperidine rings is 4. The molecular weight excluding hydrogens is 956 g/mol. The summed E-state index contributed by atoms with van der Waals surface area (Å²) in [4.78, 5) is 123. The first-order valence-electron chi connectivity index (χ1n) is 25.0. The van der Waals surface area contributed by atoms with Gasteiger partial charge in [0.1, 0.15) is 18.4 Å². The molecule has 6 fully saturated rings. The lowest BCUT2D eigenvalue weighted by atomic mass is 9.95. The number of rotatable bonds is 11. The Morgan fingerprint density at radius 1 is 0.507 bits per heavy atom. The Morgan fingerprint density at radius 2 is 0.930 bits per heavy atom. The first kappa shape index (κ1) is 52.0. The highest BCUT2D eigenvalue weighted by Gasteiger charge is 2.46. The van der Waals surface area contributed by atoms with E-state index in [-0.39, 0.29) is 48.6 Å². The van der Waals surface area contributed by atoms with Gasteiger partial charge in [0, 0.05) is 140 Å². The fourth-order valence-electron chi connectivity index (χ4n) is 10.7. The lowest BCUT2D eigenvalue weighted by molar-refractivity contribution is -0.137. The van der Waals surface area contributed by atoms with Crippen LogP contribution in [0.5, 0.6) is 0 Å².